The normalized spacial score (nSPS) is 10.6. The lowest BCUT2D eigenvalue weighted by molar-refractivity contribution is -0.120. The lowest BCUT2D eigenvalue weighted by atomic mass is 10.0. The molecule has 0 spiro atoms. The summed E-state index contributed by atoms with van der Waals surface area (Å²) in [5.74, 6) is 0.239. The maximum atomic E-state index is 11.9. The summed E-state index contributed by atoms with van der Waals surface area (Å²) in [6, 6.07) is 7.96. The fourth-order valence-electron chi connectivity index (χ4n) is 1.81. The van der Waals surface area contributed by atoms with Crippen LogP contribution in [0.3, 0.4) is 0 Å². The van der Waals surface area contributed by atoms with E-state index in [4.69, 9.17) is 0 Å². The van der Waals surface area contributed by atoms with Crippen LogP contribution < -0.4 is 10.6 Å². The van der Waals surface area contributed by atoms with Crippen LogP contribution >= 0.6 is 0 Å². The van der Waals surface area contributed by atoms with Crippen LogP contribution in [0.1, 0.15) is 32.3 Å². The number of amides is 1. The molecule has 17 heavy (non-hydrogen) atoms. The molecule has 0 saturated heterocycles. The molecule has 1 amide bonds. The molecule has 2 N–H and O–H groups in total. The van der Waals surface area contributed by atoms with Gasteiger partial charge in [0.1, 0.15) is 0 Å². The molecule has 0 heterocycles. The second kappa shape index (κ2) is 7.07. The maximum Gasteiger partial charge on any atom is 0.227 e. The van der Waals surface area contributed by atoms with Gasteiger partial charge in [-0.2, -0.15) is 0 Å². The minimum absolute atomic E-state index is 0.118. The largest absolute Gasteiger partial charge is 0.326 e. The van der Waals surface area contributed by atoms with Crippen molar-refractivity contribution >= 4 is 11.6 Å². The van der Waals surface area contributed by atoms with Gasteiger partial charge in [0, 0.05) is 18.2 Å². The van der Waals surface area contributed by atoms with Crippen molar-refractivity contribution in [1.29, 1.82) is 0 Å². The smallest absolute Gasteiger partial charge is 0.227 e. The summed E-state index contributed by atoms with van der Waals surface area (Å²) in [7, 11) is 1.92. The van der Waals surface area contributed by atoms with Crippen molar-refractivity contribution in [1.82, 2.24) is 5.32 Å². The summed E-state index contributed by atoms with van der Waals surface area (Å²) in [6.45, 7) is 4.94. The average molecular weight is 234 g/mol. The number of hydrogen-bond donors (Lipinski definition) is 2. The molecule has 0 aliphatic rings. The molecule has 1 aromatic carbocycles. The van der Waals surface area contributed by atoms with E-state index in [1.165, 1.54) is 5.56 Å². The molecule has 0 saturated carbocycles. The molecule has 1 aromatic rings. The van der Waals surface area contributed by atoms with Crippen LogP contribution in [0.4, 0.5) is 5.69 Å². The summed E-state index contributed by atoms with van der Waals surface area (Å²) in [6.07, 6.45) is 1.78. The predicted molar refractivity (Wildman–Crippen MR) is 71.9 cm³/mol. The second-order valence-corrected chi connectivity index (χ2v) is 4.23. The van der Waals surface area contributed by atoms with Crippen molar-refractivity contribution in [2.24, 2.45) is 5.92 Å². The number of benzene rings is 1. The first-order valence-corrected chi connectivity index (χ1v) is 6.25. The minimum Gasteiger partial charge on any atom is -0.326 e. The highest BCUT2D eigenvalue weighted by Gasteiger charge is 2.13. The Morgan fingerprint density at radius 1 is 1.18 bits per heavy atom. The Kier molecular flexibility index (Phi) is 5.70. The zero-order valence-corrected chi connectivity index (χ0v) is 10.9. The van der Waals surface area contributed by atoms with E-state index in [1.807, 2.05) is 45.2 Å². The van der Waals surface area contributed by atoms with Crippen LogP contribution in [-0.2, 0) is 11.3 Å². The SMILES string of the molecule is CCC(CC)C(=O)Nc1ccc(CNC)cc1. The van der Waals surface area contributed by atoms with E-state index in [1.54, 1.807) is 0 Å². The number of nitrogens with one attached hydrogen (secondary N) is 2. The Bertz CT molecular complexity index is 342. The van der Waals surface area contributed by atoms with Gasteiger partial charge in [0.2, 0.25) is 5.91 Å². The van der Waals surface area contributed by atoms with Crippen molar-refractivity contribution in [2.75, 3.05) is 12.4 Å². The monoisotopic (exact) mass is 234 g/mol. The molecule has 0 fully saturated rings. The van der Waals surface area contributed by atoms with Gasteiger partial charge in [0.05, 0.1) is 0 Å². The lowest BCUT2D eigenvalue weighted by Gasteiger charge is -2.13. The predicted octanol–water partition coefficient (Wildman–Crippen LogP) is 2.78. The molecule has 1 rings (SSSR count). The van der Waals surface area contributed by atoms with Gasteiger partial charge in [-0.25, -0.2) is 0 Å². The van der Waals surface area contributed by atoms with Crippen LogP contribution in [0.15, 0.2) is 24.3 Å². The van der Waals surface area contributed by atoms with E-state index in [0.29, 0.717) is 0 Å². The van der Waals surface area contributed by atoms with E-state index < -0.39 is 0 Å². The van der Waals surface area contributed by atoms with Crippen LogP contribution in [0.5, 0.6) is 0 Å². The first-order valence-electron chi connectivity index (χ1n) is 6.25. The Balaban J connectivity index is 2.59. The Morgan fingerprint density at radius 3 is 2.24 bits per heavy atom. The molecule has 0 atom stereocenters. The molecule has 0 unspecified atom stereocenters. The summed E-state index contributed by atoms with van der Waals surface area (Å²) in [5, 5.41) is 6.05. The fraction of sp³-hybridized carbons (Fsp3) is 0.500. The summed E-state index contributed by atoms with van der Waals surface area (Å²) < 4.78 is 0. The van der Waals surface area contributed by atoms with Gasteiger partial charge >= 0.3 is 0 Å². The number of rotatable bonds is 6. The zero-order valence-electron chi connectivity index (χ0n) is 10.9. The minimum atomic E-state index is 0.118. The van der Waals surface area contributed by atoms with Gasteiger partial charge < -0.3 is 10.6 Å². The van der Waals surface area contributed by atoms with Crippen molar-refractivity contribution in [3.63, 3.8) is 0 Å². The molecule has 94 valence electrons. The van der Waals surface area contributed by atoms with Crippen molar-refractivity contribution in [3.8, 4) is 0 Å². The van der Waals surface area contributed by atoms with Crippen molar-refractivity contribution in [2.45, 2.75) is 33.2 Å². The summed E-state index contributed by atoms with van der Waals surface area (Å²) >= 11 is 0. The van der Waals surface area contributed by atoms with E-state index >= 15 is 0 Å². The third-order valence-electron chi connectivity index (χ3n) is 2.96. The van der Waals surface area contributed by atoms with E-state index in [-0.39, 0.29) is 11.8 Å². The molecular formula is C14H22N2O. The Hall–Kier alpha value is -1.35. The maximum absolute atomic E-state index is 11.9. The number of hydrogen-bond acceptors (Lipinski definition) is 2. The van der Waals surface area contributed by atoms with Gasteiger partial charge in [-0.1, -0.05) is 26.0 Å². The molecule has 0 aliphatic heterocycles. The van der Waals surface area contributed by atoms with Gasteiger partial charge in [0.15, 0.2) is 0 Å². The van der Waals surface area contributed by atoms with E-state index in [9.17, 15) is 4.79 Å². The molecule has 0 aliphatic carbocycles. The summed E-state index contributed by atoms with van der Waals surface area (Å²) in [5.41, 5.74) is 2.09. The highest BCUT2D eigenvalue weighted by atomic mass is 16.1. The Labute approximate surface area is 104 Å². The third kappa shape index (κ3) is 4.19. The quantitative estimate of drug-likeness (QED) is 0.794. The molecule has 3 heteroatoms. The summed E-state index contributed by atoms with van der Waals surface area (Å²) in [4.78, 5) is 11.9. The first-order chi connectivity index (χ1) is 8.21. The van der Waals surface area contributed by atoms with Gasteiger partial charge in [0.25, 0.3) is 0 Å². The number of anilines is 1. The first kappa shape index (κ1) is 13.7. The van der Waals surface area contributed by atoms with Gasteiger partial charge in [-0.05, 0) is 37.6 Å². The van der Waals surface area contributed by atoms with Crippen LogP contribution in [0.25, 0.3) is 0 Å². The fourth-order valence-corrected chi connectivity index (χ4v) is 1.81. The van der Waals surface area contributed by atoms with Gasteiger partial charge in [-0.15, -0.1) is 0 Å². The highest BCUT2D eigenvalue weighted by Crippen LogP contribution is 2.14. The second-order valence-electron chi connectivity index (χ2n) is 4.23. The van der Waals surface area contributed by atoms with Gasteiger partial charge in [-0.3, -0.25) is 4.79 Å². The lowest BCUT2D eigenvalue weighted by Crippen LogP contribution is -2.21. The number of carbonyl (C=O) groups is 1. The molecule has 3 nitrogen and oxygen atoms in total. The molecule has 0 radical (unpaired) electrons. The van der Waals surface area contributed by atoms with Crippen LogP contribution in [0.2, 0.25) is 0 Å². The molecule has 0 bridgehead atoms. The number of carbonyl (C=O) groups excluding carboxylic acids is 1. The standard InChI is InChI=1S/C14H22N2O/c1-4-12(5-2)14(17)16-13-8-6-11(7-9-13)10-15-3/h6-9,12,15H,4-5,10H2,1-3H3,(H,16,17). The van der Waals surface area contributed by atoms with Crippen LogP contribution in [-0.4, -0.2) is 13.0 Å². The van der Waals surface area contributed by atoms with Crippen LogP contribution in [0, 0.1) is 5.92 Å². The zero-order chi connectivity index (χ0) is 12.7. The van der Waals surface area contributed by atoms with E-state index in [2.05, 4.69) is 10.6 Å². The van der Waals surface area contributed by atoms with E-state index in [0.717, 1.165) is 25.1 Å². The highest BCUT2D eigenvalue weighted by molar-refractivity contribution is 5.92. The molecular weight excluding hydrogens is 212 g/mol. The molecule has 0 aromatic heterocycles. The topological polar surface area (TPSA) is 41.1 Å². The Morgan fingerprint density at radius 2 is 1.76 bits per heavy atom. The van der Waals surface area contributed by atoms with Crippen molar-refractivity contribution in [3.05, 3.63) is 29.8 Å². The van der Waals surface area contributed by atoms with Crippen molar-refractivity contribution < 1.29 is 4.79 Å². The third-order valence-corrected chi connectivity index (χ3v) is 2.96. The average Bonchev–Trinajstić information content (AvgIpc) is 2.33.